The van der Waals surface area contributed by atoms with E-state index >= 15 is 0 Å². The zero-order valence-electron chi connectivity index (χ0n) is 13.1. The van der Waals surface area contributed by atoms with Crippen LogP contribution < -0.4 is 10.2 Å². The van der Waals surface area contributed by atoms with Gasteiger partial charge in [-0.2, -0.15) is 0 Å². The van der Waals surface area contributed by atoms with Crippen molar-refractivity contribution in [1.82, 2.24) is 4.98 Å². The summed E-state index contributed by atoms with van der Waals surface area (Å²) in [6.45, 7) is 0. The normalized spacial score (nSPS) is 10.2. The van der Waals surface area contributed by atoms with Gasteiger partial charge in [-0.3, -0.25) is 4.79 Å². The zero-order valence-corrected chi connectivity index (χ0v) is 14.7. The van der Waals surface area contributed by atoms with Crippen LogP contribution in [0.25, 0.3) is 0 Å². The summed E-state index contributed by atoms with van der Waals surface area (Å²) >= 11 is 3.49. The summed E-state index contributed by atoms with van der Waals surface area (Å²) in [5.41, 5.74) is 2.32. The molecule has 0 aliphatic rings. The molecule has 1 heterocycles. The Hall–Kier alpha value is -2.66. The Morgan fingerprint density at radius 2 is 1.75 bits per heavy atom. The van der Waals surface area contributed by atoms with E-state index in [1.165, 1.54) is 0 Å². The number of hydrogen-bond donors (Lipinski definition) is 1. The molecule has 0 bridgehead atoms. The van der Waals surface area contributed by atoms with Crippen LogP contribution in [0.4, 0.5) is 17.2 Å². The second kappa shape index (κ2) is 7.27. The molecule has 1 amide bonds. The van der Waals surface area contributed by atoms with E-state index in [-0.39, 0.29) is 5.91 Å². The van der Waals surface area contributed by atoms with Crippen LogP contribution in [0.5, 0.6) is 0 Å². The number of anilines is 3. The molecule has 0 saturated carbocycles. The quantitative estimate of drug-likeness (QED) is 0.701. The maximum absolute atomic E-state index is 12.7. The average Bonchev–Trinajstić information content (AvgIpc) is 2.63. The fourth-order valence-corrected chi connectivity index (χ4v) is 2.68. The maximum Gasteiger partial charge on any atom is 0.258 e. The first-order valence-electron chi connectivity index (χ1n) is 7.46. The van der Waals surface area contributed by atoms with E-state index in [1.807, 2.05) is 54.6 Å². The van der Waals surface area contributed by atoms with E-state index in [1.54, 1.807) is 30.3 Å². The average molecular weight is 382 g/mol. The predicted octanol–water partition coefficient (Wildman–Crippen LogP) is 4.86. The SMILES string of the molecule is CN(C(=O)c1ccnc(Nc2ccccc2Br)c1)c1ccccc1. The van der Waals surface area contributed by atoms with Crippen LogP contribution in [-0.4, -0.2) is 17.9 Å². The molecule has 120 valence electrons. The molecule has 2 aromatic carbocycles. The van der Waals surface area contributed by atoms with E-state index < -0.39 is 0 Å². The molecule has 0 fully saturated rings. The summed E-state index contributed by atoms with van der Waals surface area (Å²) in [6, 6.07) is 20.8. The molecule has 0 unspecified atom stereocenters. The molecule has 1 N–H and O–H groups in total. The van der Waals surface area contributed by atoms with Gasteiger partial charge in [0.15, 0.2) is 0 Å². The number of para-hydroxylation sites is 2. The van der Waals surface area contributed by atoms with E-state index in [4.69, 9.17) is 0 Å². The Bertz CT molecular complexity index is 852. The third kappa shape index (κ3) is 3.63. The fourth-order valence-electron chi connectivity index (χ4n) is 2.29. The Morgan fingerprint density at radius 1 is 1.04 bits per heavy atom. The lowest BCUT2D eigenvalue weighted by Crippen LogP contribution is -2.26. The number of halogens is 1. The predicted molar refractivity (Wildman–Crippen MR) is 101 cm³/mol. The summed E-state index contributed by atoms with van der Waals surface area (Å²) in [5, 5.41) is 3.22. The van der Waals surface area contributed by atoms with Gasteiger partial charge in [-0.25, -0.2) is 4.98 Å². The van der Waals surface area contributed by atoms with Crippen LogP contribution in [0.1, 0.15) is 10.4 Å². The molecule has 3 aromatic rings. The molecule has 5 heteroatoms. The molecule has 24 heavy (non-hydrogen) atoms. The number of amides is 1. The van der Waals surface area contributed by atoms with Crippen LogP contribution in [0.3, 0.4) is 0 Å². The van der Waals surface area contributed by atoms with Gasteiger partial charge >= 0.3 is 0 Å². The van der Waals surface area contributed by atoms with Gasteiger partial charge in [-0.1, -0.05) is 30.3 Å². The first kappa shape index (κ1) is 16.2. The summed E-state index contributed by atoms with van der Waals surface area (Å²) < 4.78 is 0.935. The van der Waals surface area contributed by atoms with Gasteiger partial charge in [0.2, 0.25) is 0 Å². The highest BCUT2D eigenvalue weighted by Gasteiger charge is 2.14. The van der Waals surface area contributed by atoms with Crippen molar-refractivity contribution < 1.29 is 4.79 Å². The molecule has 1 aromatic heterocycles. The van der Waals surface area contributed by atoms with E-state index in [2.05, 4.69) is 26.2 Å². The molecule has 0 radical (unpaired) electrons. The van der Waals surface area contributed by atoms with E-state index in [0.717, 1.165) is 15.8 Å². The highest BCUT2D eigenvalue weighted by Crippen LogP contribution is 2.25. The molecular formula is C19H16BrN3O. The Kier molecular flexibility index (Phi) is 4.91. The number of aromatic nitrogens is 1. The van der Waals surface area contributed by atoms with Gasteiger partial charge in [-0.15, -0.1) is 0 Å². The Balaban J connectivity index is 1.82. The molecule has 0 saturated heterocycles. The molecule has 0 atom stereocenters. The smallest absolute Gasteiger partial charge is 0.258 e. The number of carbonyl (C=O) groups excluding carboxylic acids is 1. The second-order valence-electron chi connectivity index (χ2n) is 5.23. The minimum Gasteiger partial charge on any atom is -0.339 e. The van der Waals surface area contributed by atoms with Crippen LogP contribution in [0.15, 0.2) is 77.4 Å². The van der Waals surface area contributed by atoms with Crippen molar-refractivity contribution in [2.75, 3.05) is 17.3 Å². The number of rotatable bonds is 4. The summed E-state index contributed by atoms with van der Waals surface area (Å²) in [7, 11) is 1.76. The van der Waals surface area contributed by atoms with Crippen LogP contribution >= 0.6 is 15.9 Å². The van der Waals surface area contributed by atoms with Crippen molar-refractivity contribution in [3.8, 4) is 0 Å². The number of nitrogens with one attached hydrogen (secondary N) is 1. The van der Waals surface area contributed by atoms with Gasteiger partial charge in [0, 0.05) is 29.0 Å². The van der Waals surface area contributed by atoms with E-state index in [0.29, 0.717) is 11.4 Å². The molecular weight excluding hydrogens is 366 g/mol. The van der Waals surface area contributed by atoms with Crippen LogP contribution in [0, 0.1) is 0 Å². The summed E-state index contributed by atoms with van der Waals surface area (Å²) in [4.78, 5) is 18.6. The summed E-state index contributed by atoms with van der Waals surface area (Å²) in [6.07, 6.45) is 1.63. The van der Waals surface area contributed by atoms with Crippen molar-refractivity contribution >= 4 is 39.0 Å². The van der Waals surface area contributed by atoms with Gasteiger partial charge in [-0.05, 0) is 52.3 Å². The lowest BCUT2D eigenvalue weighted by Gasteiger charge is -2.17. The zero-order chi connectivity index (χ0) is 16.9. The molecule has 0 aliphatic heterocycles. The summed E-state index contributed by atoms with van der Waals surface area (Å²) in [5.74, 6) is 0.535. The van der Waals surface area contributed by atoms with Crippen molar-refractivity contribution in [2.24, 2.45) is 0 Å². The first-order valence-corrected chi connectivity index (χ1v) is 8.25. The highest BCUT2D eigenvalue weighted by atomic mass is 79.9. The maximum atomic E-state index is 12.7. The van der Waals surface area contributed by atoms with Crippen molar-refractivity contribution in [1.29, 1.82) is 0 Å². The van der Waals surface area contributed by atoms with Crippen LogP contribution in [-0.2, 0) is 0 Å². The Morgan fingerprint density at radius 3 is 2.50 bits per heavy atom. The number of carbonyl (C=O) groups is 1. The minimum atomic E-state index is -0.0845. The largest absolute Gasteiger partial charge is 0.339 e. The van der Waals surface area contributed by atoms with E-state index in [9.17, 15) is 4.79 Å². The van der Waals surface area contributed by atoms with Crippen molar-refractivity contribution in [3.63, 3.8) is 0 Å². The van der Waals surface area contributed by atoms with Gasteiger partial charge in [0.25, 0.3) is 5.91 Å². The standard InChI is InChI=1S/C19H16BrN3O/c1-23(15-7-3-2-4-8-15)19(24)14-11-12-21-18(13-14)22-17-10-6-5-9-16(17)20/h2-13H,1H3,(H,21,22). The number of pyridine rings is 1. The van der Waals surface area contributed by atoms with Crippen molar-refractivity contribution in [3.05, 3.63) is 83.0 Å². The number of nitrogens with zero attached hydrogens (tertiary/aromatic N) is 2. The molecule has 0 spiro atoms. The second-order valence-corrected chi connectivity index (χ2v) is 6.09. The number of benzene rings is 2. The fraction of sp³-hybridized carbons (Fsp3) is 0.0526. The Labute approximate surface area is 149 Å². The lowest BCUT2D eigenvalue weighted by atomic mass is 10.2. The van der Waals surface area contributed by atoms with Crippen LogP contribution in [0.2, 0.25) is 0 Å². The van der Waals surface area contributed by atoms with Crippen molar-refractivity contribution in [2.45, 2.75) is 0 Å². The lowest BCUT2D eigenvalue weighted by molar-refractivity contribution is 0.0993. The topological polar surface area (TPSA) is 45.2 Å². The minimum absolute atomic E-state index is 0.0845. The number of hydrogen-bond acceptors (Lipinski definition) is 3. The highest BCUT2D eigenvalue weighted by molar-refractivity contribution is 9.10. The molecule has 0 aliphatic carbocycles. The third-order valence-electron chi connectivity index (χ3n) is 3.59. The molecule has 3 rings (SSSR count). The monoisotopic (exact) mass is 381 g/mol. The van der Waals surface area contributed by atoms with Gasteiger partial charge in [0.1, 0.15) is 5.82 Å². The first-order chi connectivity index (χ1) is 11.6. The third-order valence-corrected chi connectivity index (χ3v) is 4.28. The molecule has 4 nitrogen and oxygen atoms in total. The van der Waals surface area contributed by atoms with Gasteiger partial charge < -0.3 is 10.2 Å². The van der Waals surface area contributed by atoms with Gasteiger partial charge in [0.05, 0.1) is 5.69 Å².